The number of nitrogens with one attached hydrogen (secondary N) is 2. The quantitative estimate of drug-likeness (QED) is 0.109. The first-order valence-corrected chi connectivity index (χ1v) is 23.9. The smallest absolute Gasteiger partial charge is 0.218 e. The van der Waals surface area contributed by atoms with Crippen molar-refractivity contribution in [2.24, 2.45) is 10.2 Å². The van der Waals surface area contributed by atoms with Gasteiger partial charge in [0.15, 0.2) is 0 Å². The van der Waals surface area contributed by atoms with Gasteiger partial charge in [-0.15, -0.1) is 0 Å². The van der Waals surface area contributed by atoms with E-state index in [2.05, 4.69) is 10.2 Å². The van der Waals surface area contributed by atoms with Crippen molar-refractivity contribution in [1.29, 1.82) is 0 Å². The number of phenolic OH excluding ortho intramolecular Hbond substituents is 2. The summed E-state index contributed by atoms with van der Waals surface area (Å²) < 4.78 is 216. The van der Waals surface area contributed by atoms with Gasteiger partial charge >= 0.3 is 0 Å². The van der Waals surface area contributed by atoms with E-state index < -0.39 is 169 Å². The largest absolute Gasteiger partial charge is 0.744 e. The van der Waals surface area contributed by atoms with Gasteiger partial charge in [0.1, 0.15) is 83.6 Å². The van der Waals surface area contributed by atoms with Crippen molar-refractivity contribution in [3.05, 3.63) is 80.6 Å². The van der Waals surface area contributed by atoms with Crippen LogP contribution >= 0.6 is 0 Å². The summed E-state index contributed by atoms with van der Waals surface area (Å²) in [6, 6.07) is 3.16. The maximum Gasteiger partial charge on any atom is 0.218 e. The van der Waals surface area contributed by atoms with Crippen molar-refractivity contribution in [2.75, 3.05) is 10.9 Å². The molecule has 0 spiro atoms. The summed E-state index contributed by atoms with van der Waals surface area (Å²) in [5.41, 5.74) is -4.73. The fourth-order valence-electron chi connectivity index (χ4n) is 5.88. The van der Waals surface area contributed by atoms with Crippen LogP contribution in [0, 0.1) is 0 Å². The summed E-state index contributed by atoms with van der Waals surface area (Å²) in [4.78, 5) is 19.5. The van der Waals surface area contributed by atoms with Crippen molar-refractivity contribution < 1.29 is 97.6 Å². The van der Waals surface area contributed by atoms with Crippen molar-refractivity contribution in [3.8, 4) is 11.5 Å². The fourth-order valence-corrected chi connectivity index (χ4v) is 9.30. The van der Waals surface area contributed by atoms with Gasteiger partial charge in [0.05, 0.1) is 51.9 Å². The second-order valence-electron chi connectivity index (χ2n) is 12.4. The molecule has 0 aliphatic heterocycles. The Hall–Kier alpha value is -6.04. The van der Waals surface area contributed by atoms with Crippen LogP contribution in [0.5, 0.6) is 11.5 Å². The van der Waals surface area contributed by atoms with E-state index in [-0.39, 0.29) is 12.1 Å². The number of hydrogen-bond acceptors (Lipinski definition) is 26. The highest BCUT2D eigenvalue weighted by Crippen LogP contribution is 2.39. The van der Waals surface area contributed by atoms with Crippen LogP contribution in [0.3, 0.4) is 0 Å². The van der Waals surface area contributed by atoms with Crippen LogP contribution in [0.15, 0.2) is 88.1 Å². The van der Waals surface area contributed by atoms with Crippen LogP contribution in [0.4, 0.5) is 11.4 Å². The fraction of sp³-hybridized carbons (Fsp3) is 0. The minimum Gasteiger partial charge on any atom is -0.744 e. The molecule has 2 aliphatic rings. The third kappa shape index (κ3) is 8.69. The van der Waals surface area contributed by atoms with Crippen molar-refractivity contribution >= 4 is 118 Å². The molecule has 0 saturated carbocycles. The maximum absolute atomic E-state index is 14.1. The number of hydrazone groups is 2. The van der Waals surface area contributed by atoms with Gasteiger partial charge in [0, 0.05) is 5.39 Å². The molecule has 6 rings (SSSR count). The van der Waals surface area contributed by atoms with Gasteiger partial charge in [-0.25, -0.2) is 50.5 Å². The molecule has 0 bridgehead atoms. The van der Waals surface area contributed by atoms with E-state index in [4.69, 9.17) is 0 Å². The molecule has 0 saturated heterocycles. The minimum absolute atomic E-state index is 0.265. The molecule has 328 valence electrons. The summed E-state index contributed by atoms with van der Waals surface area (Å²) >= 11 is 0. The molecule has 2 aliphatic carbocycles. The SMILES string of the molecule is O=C1C(=NNc2cc(S(=O)(=O)[O-])cc3c2C(=O)C(=NNc2cc(S(=O)(=O)[O-])cc4cc(S(=O)(=O)[O-])cc(O)c24)C(S(=O)(=O)[O-])=C3)C(S(=O)(=O)[O-])=Cc2cc(S(=O)(=O)[O-])cc(O)c21. The number of nitrogens with zero attached hydrogens (tertiary/aromatic N) is 2. The molecule has 0 aromatic heterocycles. The normalized spacial score (nSPS) is 16.5. The Morgan fingerprint density at radius 3 is 1.24 bits per heavy atom. The van der Waals surface area contributed by atoms with E-state index in [1.165, 1.54) is 0 Å². The summed E-state index contributed by atoms with van der Waals surface area (Å²) in [6.45, 7) is 0. The average molecular weight is 975 g/mol. The second kappa shape index (κ2) is 14.8. The number of phenols is 2. The third-order valence-corrected chi connectivity index (χ3v) is 13.4. The summed E-state index contributed by atoms with van der Waals surface area (Å²) in [7, 11) is -33.6. The van der Waals surface area contributed by atoms with Gasteiger partial charge in [-0.2, -0.15) is 10.2 Å². The van der Waals surface area contributed by atoms with Crippen LogP contribution in [0.2, 0.25) is 0 Å². The standard InChI is InChI=1S/C30H20N4O22S6/c35-20-9-16(59(45,46)47)2-11-1-14(57(39,40)41)7-18(24(11)20)31-33-27-22(61(51,52)53)5-12-3-15(58(42,43)44)8-19(25(12)29(27)37)32-34-28-23(62(54,55)56)6-13-4-17(60(48,49)50)10-21(36)26(13)30(28)38/h1-10,31-32,35-36H,(H,39,40,41)(H,42,43,44)(H,45,46,47)(H,48,49,50)(H,51,52,53)(H,54,55,56)/p-6. The number of benzene rings is 4. The van der Waals surface area contributed by atoms with Crippen molar-refractivity contribution in [3.63, 3.8) is 0 Å². The van der Waals surface area contributed by atoms with Gasteiger partial charge in [0.2, 0.25) is 11.6 Å². The molecule has 4 aromatic rings. The Morgan fingerprint density at radius 2 is 0.790 bits per heavy atom. The molecule has 4 N–H and O–H groups in total. The number of Topliss-reactive ketones (excluding diaryl/α,β-unsaturated/α-hetero) is 2. The molecule has 4 aromatic carbocycles. The topological polar surface area (TPSA) is 467 Å². The molecule has 0 atom stereocenters. The summed E-state index contributed by atoms with van der Waals surface area (Å²) in [6.07, 6.45) is 0.563. The zero-order valence-electron chi connectivity index (χ0n) is 29.2. The van der Waals surface area contributed by atoms with Crippen molar-refractivity contribution in [1.82, 2.24) is 0 Å². The zero-order valence-corrected chi connectivity index (χ0v) is 34.1. The number of rotatable bonds is 10. The number of allylic oxidation sites excluding steroid dienone is 2. The molecule has 32 heteroatoms. The number of fused-ring (bicyclic) bond motifs is 3. The lowest BCUT2D eigenvalue weighted by Gasteiger charge is -2.24. The summed E-state index contributed by atoms with van der Waals surface area (Å²) in [5, 5.41) is 26.7. The van der Waals surface area contributed by atoms with E-state index in [1.807, 2.05) is 10.9 Å². The van der Waals surface area contributed by atoms with Gasteiger partial charge in [-0.3, -0.25) is 20.4 Å². The van der Waals surface area contributed by atoms with Gasteiger partial charge in [0.25, 0.3) is 0 Å². The van der Waals surface area contributed by atoms with E-state index in [0.717, 1.165) is 0 Å². The molecule has 0 unspecified atom stereocenters. The number of aromatic hydroxyl groups is 2. The lowest BCUT2D eigenvalue weighted by Crippen LogP contribution is -2.29. The molecular formula is C30H14N4O22S6-6. The Labute approximate surface area is 346 Å². The first-order valence-electron chi connectivity index (χ1n) is 15.5. The number of anilines is 2. The van der Waals surface area contributed by atoms with Crippen LogP contribution in [-0.4, -0.2) is 111 Å². The molecule has 0 heterocycles. The summed E-state index contributed by atoms with van der Waals surface area (Å²) in [5.74, 6) is -5.82. The lowest BCUT2D eigenvalue weighted by molar-refractivity contribution is 0.105. The third-order valence-electron chi connectivity index (χ3n) is 8.43. The van der Waals surface area contributed by atoms with Crippen LogP contribution < -0.4 is 10.9 Å². The predicted molar refractivity (Wildman–Crippen MR) is 198 cm³/mol. The molecule has 0 fully saturated rings. The minimum atomic E-state index is -5.91. The molecule has 0 radical (unpaired) electrons. The Balaban J connectivity index is 1.57. The number of hydrogen-bond donors (Lipinski definition) is 4. The zero-order chi connectivity index (χ0) is 46.4. The number of carbonyl (C=O) groups excluding carboxylic acids is 2. The van der Waals surface area contributed by atoms with Crippen molar-refractivity contribution in [2.45, 2.75) is 19.6 Å². The van der Waals surface area contributed by atoms with E-state index in [9.17, 15) is 97.6 Å². The highest BCUT2D eigenvalue weighted by Gasteiger charge is 2.35. The monoisotopic (exact) mass is 974 g/mol. The molecule has 26 nitrogen and oxygen atoms in total. The van der Waals surface area contributed by atoms with Gasteiger partial charge < -0.3 is 37.5 Å². The predicted octanol–water partition coefficient (Wildman–Crippen LogP) is -1.03. The first-order chi connectivity index (χ1) is 28.2. The Morgan fingerprint density at radius 1 is 0.435 bits per heavy atom. The Bertz CT molecular complexity index is 3610. The van der Waals surface area contributed by atoms with Crippen LogP contribution in [0.25, 0.3) is 22.9 Å². The van der Waals surface area contributed by atoms with Crippen LogP contribution in [-0.2, 0) is 60.7 Å². The highest BCUT2D eigenvalue weighted by molar-refractivity contribution is 7.91. The highest BCUT2D eigenvalue weighted by atomic mass is 32.2. The van der Waals surface area contributed by atoms with Crippen LogP contribution in [0.1, 0.15) is 31.8 Å². The number of carbonyl (C=O) groups is 2. The second-order valence-corrected chi connectivity index (χ2v) is 20.6. The van der Waals surface area contributed by atoms with Gasteiger partial charge in [-0.1, -0.05) is 0 Å². The lowest BCUT2D eigenvalue weighted by atomic mass is 9.93. The van der Waals surface area contributed by atoms with E-state index >= 15 is 0 Å². The molecular weight excluding hydrogens is 961 g/mol. The van der Waals surface area contributed by atoms with E-state index in [0.29, 0.717) is 48.5 Å². The molecule has 62 heavy (non-hydrogen) atoms. The van der Waals surface area contributed by atoms with E-state index in [1.54, 1.807) is 0 Å². The van der Waals surface area contributed by atoms with Gasteiger partial charge in [-0.05, 0) is 77.2 Å². The maximum atomic E-state index is 14.1. The number of ketones is 2. The molecule has 0 amide bonds. The first kappa shape index (κ1) is 45.5. The Kier molecular flexibility index (Phi) is 10.9. The average Bonchev–Trinajstić information content (AvgIpc) is 3.10.